The Labute approximate surface area is 89.5 Å². The second-order valence-corrected chi connectivity index (χ2v) is 3.63. The molecule has 0 aliphatic carbocycles. The van der Waals surface area contributed by atoms with Crippen molar-refractivity contribution in [3.8, 4) is 0 Å². The molecular formula is C10H7BrO3. The highest BCUT2D eigenvalue weighted by Gasteiger charge is 2.16. The summed E-state index contributed by atoms with van der Waals surface area (Å²) in [4.78, 5) is 10.6. The highest BCUT2D eigenvalue weighted by molar-refractivity contribution is 9.10. The van der Waals surface area contributed by atoms with Crippen LogP contribution in [0.5, 0.6) is 0 Å². The molecule has 0 unspecified atom stereocenters. The molecule has 1 aliphatic heterocycles. The molecule has 0 amide bonds. The second-order valence-electron chi connectivity index (χ2n) is 2.78. The van der Waals surface area contributed by atoms with E-state index in [1.807, 2.05) is 0 Å². The van der Waals surface area contributed by atoms with Crippen molar-refractivity contribution < 1.29 is 14.3 Å². The predicted molar refractivity (Wildman–Crippen MR) is 53.6 cm³/mol. The Morgan fingerprint density at radius 1 is 1.29 bits per heavy atom. The summed E-state index contributed by atoms with van der Waals surface area (Å²) >= 11 is 3.29. The Bertz CT molecular complexity index is 379. The van der Waals surface area contributed by atoms with E-state index in [1.165, 1.54) is 12.5 Å². The van der Waals surface area contributed by atoms with E-state index in [0.717, 1.165) is 16.3 Å². The van der Waals surface area contributed by atoms with Gasteiger partial charge in [-0.1, -0.05) is 28.1 Å². The lowest BCUT2D eigenvalue weighted by Crippen LogP contribution is -1.98. The van der Waals surface area contributed by atoms with E-state index in [0.29, 0.717) is 5.56 Å². The number of benzene rings is 1. The van der Waals surface area contributed by atoms with Gasteiger partial charge in [0.25, 0.3) is 6.29 Å². The maximum Gasteiger partial charge on any atom is 0.266 e. The van der Waals surface area contributed by atoms with Crippen LogP contribution in [-0.2, 0) is 9.47 Å². The average Bonchev–Trinajstić information content (AvgIpc) is 2.70. The van der Waals surface area contributed by atoms with Gasteiger partial charge < -0.3 is 9.47 Å². The third-order valence-corrected chi connectivity index (χ3v) is 2.57. The van der Waals surface area contributed by atoms with E-state index >= 15 is 0 Å². The molecule has 0 fully saturated rings. The first-order chi connectivity index (χ1) is 6.81. The molecule has 0 spiro atoms. The number of rotatable bonds is 2. The first kappa shape index (κ1) is 9.27. The van der Waals surface area contributed by atoms with Gasteiger partial charge in [-0.25, -0.2) is 0 Å². The number of carbonyl (C=O) groups excluding carboxylic acids is 1. The highest BCUT2D eigenvalue weighted by Crippen LogP contribution is 2.27. The number of carbonyl (C=O) groups is 1. The monoisotopic (exact) mass is 254 g/mol. The van der Waals surface area contributed by atoms with Gasteiger partial charge in [0.05, 0.1) is 0 Å². The zero-order chi connectivity index (χ0) is 9.97. The summed E-state index contributed by atoms with van der Waals surface area (Å²) in [7, 11) is 0. The van der Waals surface area contributed by atoms with Gasteiger partial charge in [0.15, 0.2) is 6.29 Å². The van der Waals surface area contributed by atoms with E-state index in [2.05, 4.69) is 15.9 Å². The first-order valence-corrected chi connectivity index (χ1v) is 4.81. The predicted octanol–water partition coefficient (Wildman–Crippen LogP) is 2.78. The van der Waals surface area contributed by atoms with Crippen LogP contribution in [0.2, 0.25) is 0 Å². The quantitative estimate of drug-likeness (QED) is 0.762. The molecule has 1 aromatic rings. The lowest BCUT2D eigenvalue weighted by Gasteiger charge is -2.10. The average molecular weight is 255 g/mol. The van der Waals surface area contributed by atoms with Gasteiger partial charge >= 0.3 is 0 Å². The Morgan fingerprint density at radius 3 is 2.57 bits per heavy atom. The van der Waals surface area contributed by atoms with Gasteiger partial charge in [-0.2, -0.15) is 0 Å². The summed E-state index contributed by atoms with van der Waals surface area (Å²) in [6.07, 6.45) is 3.38. The minimum atomic E-state index is -0.396. The maximum atomic E-state index is 10.6. The first-order valence-electron chi connectivity index (χ1n) is 4.02. The molecule has 0 aromatic heterocycles. The van der Waals surface area contributed by atoms with Gasteiger partial charge in [0.1, 0.15) is 12.5 Å². The lowest BCUT2D eigenvalue weighted by molar-refractivity contribution is -0.0246. The molecule has 0 bridgehead atoms. The third-order valence-electron chi connectivity index (χ3n) is 1.88. The van der Waals surface area contributed by atoms with Crippen LogP contribution in [0, 0.1) is 0 Å². The molecule has 4 heteroatoms. The second kappa shape index (κ2) is 3.84. The molecule has 1 heterocycles. The van der Waals surface area contributed by atoms with Crippen molar-refractivity contribution >= 4 is 22.2 Å². The van der Waals surface area contributed by atoms with Crippen molar-refractivity contribution in [2.45, 2.75) is 6.29 Å². The van der Waals surface area contributed by atoms with Crippen molar-refractivity contribution in [3.05, 3.63) is 46.3 Å². The summed E-state index contributed by atoms with van der Waals surface area (Å²) < 4.78 is 11.1. The van der Waals surface area contributed by atoms with E-state index in [4.69, 9.17) is 9.47 Å². The Hall–Kier alpha value is -1.29. The van der Waals surface area contributed by atoms with Crippen LogP contribution >= 0.6 is 15.9 Å². The molecule has 1 aliphatic rings. The Kier molecular flexibility index (Phi) is 2.54. The molecule has 72 valence electrons. The lowest BCUT2D eigenvalue weighted by atomic mass is 10.1. The van der Waals surface area contributed by atoms with Crippen LogP contribution in [0.15, 0.2) is 35.2 Å². The van der Waals surface area contributed by atoms with E-state index in [-0.39, 0.29) is 0 Å². The molecule has 0 saturated carbocycles. The smallest absolute Gasteiger partial charge is 0.266 e. The standard InChI is InChI=1S/C10H7BrO3/c11-9-5-7(1-2-8(9)6-12)10-13-3-4-14-10/h1-6,10H. The van der Waals surface area contributed by atoms with Crippen molar-refractivity contribution in [2.24, 2.45) is 0 Å². The number of halogens is 1. The summed E-state index contributed by atoms with van der Waals surface area (Å²) in [6.45, 7) is 0. The highest BCUT2D eigenvalue weighted by atomic mass is 79.9. The van der Waals surface area contributed by atoms with Crippen LogP contribution in [0.1, 0.15) is 22.2 Å². The van der Waals surface area contributed by atoms with Crippen molar-refractivity contribution in [1.82, 2.24) is 0 Å². The molecule has 1 aromatic carbocycles. The van der Waals surface area contributed by atoms with Crippen molar-refractivity contribution in [2.75, 3.05) is 0 Å². The van der Waals surface area contributed by atoms with Crippen molar-refractivity contribution in [1.29, 1.82) is 0 Å². The maximum absolute atomic E-state index is 10.6. The molecule has 0 atom stereocenters. The fourth-order valence-electron chi connectivity index (χ4n) is 1.18. The number of hydrogen-bond donors (Lipinski definition) is 0. The number of ether oxygens (including phenoxy) is 2. The van der Waals surface area contributed by atoms with Gasteiger partial charge in [-0.05, 0) is 6.07 Å². The fraction of sp³-hybridized carbons (Fsp3) is 0.100. The zero-order valence-corrected chi connectivity index (χ0v) is 8.73. The molecule has 14 heavy (non-hydrogen) atoms. The third kappa shape index (κ3) is 1.65. The van der Waals surface area contributed by atoms with Gasteiger partial charge in [0.2, 0.25) is 0 Å². The SMILES string of the molecule is O=Cc1ccc(C2OC=CO2)cc1Br. The number of aldehydes is 1. The van der Waals surface area contributed by atoms with Gasteiger partial charge in [-0.15, -0.1) is 0 Å². The van der Waals surface area contributed by atoms with Crippen LogP contribution in [0.4, 0.5) is 0 Å². The fourth-order valence-corrected chi connectivity index (χ4v) is 1.67. The van der Waals surface area contributed by atoms with E-state index < -0.39 is 6.29 Å². The largest absolute Gasteiger partial charge is 0.455 e. The molecule has 3 nitrogen and oxygen atoms in total. The van der Waals surface area contributed by atoms with Crippen LogP contribution in [0.3, 0.4) is 0 Å². The topological polar surface area (TPSA) is 35.5 Å². The van der Waals surface area contributed by atoms with E-state index in [1.54, 1.807) is 18.2 Å². The Morgan fingerprint density at radius 2 is 2.00 bits per heavy atom. The zero-order valence-electron chi connectivity index (χ0n) is 7.14. The summed E-state index contributed by atoms with van der Waals surface area (Å²) in [5.41, 5.74) is 1.48. The van der Waals surface area contributed by atoms with Gasteiger partial charge in [-0.3, -0.25) is 4.79 Å². The Balaban J connectivity index is 2.27. The molecule has 0 N–H and O–H groups in total. The summed E-state index contributed by atoms with van der Waals surface area (Å²) in [6, 6.07) is 5.32. The van der Waals surface area contributed by atoms with Crippen LogP contribution in [-0.4, -0.2) is 6.29 Å². The molecule has 0 radical (unpaired) electrons. The number of hydrogen-bond acceptors (Lipinski definition) is 3. The molecule has 0 saturated heterocycles. The molecule has 2 rings (SSSR count). The minimum absolute atomic E-state index is 0.396. The van der Waals surface area contributed by atoms with Crippen LogP contribution < -0.4 is 0 Å². The van der Waals surface area contributed by atoms with Crippen LogP contribution in [0.25, 0.3) is 0 Å². The van der Waals surface area contributed by atoms with Gasteiger partial charge in [0, 0.05) is 15.6 Å². The van der Waals surface area contributed by atoms with Crippen molar-refractivity contribution in [3.63, 3.8) is 0 Å². The molecular weight excluding hydrogens is 248 g/mol. The minimum Gasteiger partial charge on any atom is -0.455 e. The normalized spacial score (nSPS) is 14.9. The summed E-state index contributed by atoms with van der Waals surface area (Å²) in [5, 5.41) is 0. The van der Waals surface area contributed by atoms with E-state index in [9.17, 15) is 4.79 Å². The summed E-state index contributed by atoms with van der Waals surface area (Å²) in [5.74, 6) is 0.